The molecule has 2 aliphatic rings. The lowest BCUT2D eigenvalue weighted by atomic mass is 9.79. The van der Waals surface area contributed by atoms with E-state index in [2.05, 4.69) is 35.5 Å². The van der Waals surface area contributed by atoms with E-state index in [1.807, 2.05) is 6.07 Å². The summed E-state index contributed by atoms with van der Waals surface area (Å²) in [7, 11) is 1.63. The van der Waals surface area contributed by atoms with Crippen LogP contribution in [0.2, 0.25) is 0 Å². The number of fused-ring (bicyclic) bond motifs is 1. The van der Waals surface area contributed by atoms with Gasteiger partial charge in [0.15, 0.2) is 0 Å². The largest absolute Gasteiger partial charge is 0.465 e. The molecule has 0 saturated carbocycles. The normalized spacial score (nSPS) is 17.5. The van der Waals surface area contributed by atoms with Gasteiger partial charge in [-0.15, -0.1) is 0 Å². The molecule has 2 amide bonds. The van der Waals surface area contributed by atoms with E-state index in [1.165, 1.54) is 4.90 Å². The Kier molecular flexibility index (Phi) is 6.46. The van der Waals surface area contributed by atoms with E-state index in [-0.39, 0.29) is 17.4 Å². The molecule has 10 heteroatoms. The quantitative estimate of drug-likeness (QED) is 0.568. The molecule has 2 fully saturated rings. The fraction of sp³-hybridized carbons (Fsp3) is 0.542. The van der Waals surface area contributed by atoms with Gasteiger partial charge in [0.25, 0.3) is 0 Å². The molecule has 2 saturated heterocycles. The predicted octanol–water partition coefficient (Wildman–Crippen LogP) is 2.65. The van der Waals surface area contributed by atoms with Gasteiger partial charge in [-0.1, -0.05) is 13.8 Å². The van der Waals surface area contributed by atoms with E-state index in [4.69, 9.17) is 9.97 Å². The Balaban J connectivity index is 1.65. The number of benzene rings is 1. The van der Waals surface area contributed by atoms with E-state index in [0.717, 1.165) is 24.8 Å². The van der Waals surface area contributed by atoms with Crippen molar-refractivity contribution in [3.05, 3.63) is 23.8 Å². The lowest BCUT2D eigenvalue weighted by Crippen LogP contribution is -2.59. The Bertz CT molecular complexity index is 1140. The number of carbonyl (C=O) groups excluding carboxylic acids is 1. The first kappa shape index (κ1) is 23.5. The highest BCUT2D eigenvalue weighted by atomic mass is 16.4. The summed E-state index contributed by atoms with van der Waals surface area (Å²) >= 11 is 0. The number of likely N-dealkylation sites (tertiary alicyclic amines) is 1. The van der Waals surface area contributed by atoms with Gasteiger partial charge in [0, 0.05) is 56.5 Å². The van der Waals surface area contributed by atoms with Crippen molar-refractivity contribution in [3.63, 3.8) is 0 Å². The van der Waals surface area contributed by atoms with E-state index < -0.39 is 6.09 Å². The zero-order valence-electron chi connectivity index (χ0n) is 19.8. The van der Waals surface area contributed by atoms with Crippen LogP contribution in [0.15, 0.2) is 18.2 Å². The van der Waals surface area contributed by atoms with E-state index in [9.17, 15) is 20.0 Å². The van der Waals surface area contributed by atoms with Crippen molar-refractivity contribution in [3.8, 4) is 6.07 Å². The van der Waals surface area contributed by atoms with Gasteiger partial charge in [0.2, 0.25) is 11.9 Å². The minimum atomic E-state index is -0.881. The second-order valence-corrected chi connectivity index (χ2v) is 9.87. The molecular weight excluding hydrogens is 434 g/mol. The molecule has 3 N–H and O–H groups in total. The van der Waals surface area contributed by atoms with Gasteiger partial charge in [-0.05, 0) is 37.0 Å². The number of carboxylic acid groups (broad SMARTS) is 1. The standard InChI is InChI=1S/C24H31N7O3/c1-15(2)8-17(10-20(32)26-3)27-21-18-5-4-16(11-25)9-19(18)28-22(29-21)30-7-6-24(12-30)13-31(14-24)23(33)34/h4-5,9,15,17H,6-8,10,12-14H2,1-3H3,(H,26,32)(H,33,34)(H,27,28,29)/t17-/m0/s1. The SMILES string of the molecule is CNC(=O)C[C@H](CC(C)C)Nc1nc(N2CCC3(CN(C(=O)O)C3)C2)nc2cc(C#N)ccc12. The van der Waals surface area contributed by atoms with E-state index >= 15 is 0 Å². The second-order valence-electron chi connectivity index (χ2n) is 9.87. The molecule has 1 spiro atoms. The van der Waals surface area contributed by atoms with E-state index in [1.54, 1.807) is 19.2 Å². The predicted molar refractivity (Wildman–Crippen MR) is 129 cm³/mol. The summed E-state index contributed by atoms with van der Waals surface area (Å²) in [6.45, 7) is 6.71. The maximum atomic E-state index is 12.1. The van der Waals surface area contributed by atoms with Crippen molar-refractivity contribution in [1.82, 2.24) is 20.2 Å². The lowest BCUT2D eigenvalue weighted by molar-refractivity contribution is -0.120. The summed E-state index contributed by atoms with van der Waals surface area (Å²) in [5, 5.41) is 25.6. The Morgan fingerprint density at radius 1 is 1.26 bits per heavy atom. The van der Waals surface area contributed by atoms with Crippen LogP contribution >= 0.6 is 0 Å². The van der Waals surface area contributed by atoms with Crippen LogP contribution in [0, 0.1) is 22.7 Å². The lowest BCUT2D eigenvalue weighted by Gasteiger charge is -2.46. The summed E-state index contributed by atoms with van der Waals surface area (Å²) in [5.41, 5.74) is 1.12. The van der Waals surface area contributed by atoms with Crippen molar-refractivity contribution in [2.75, 3.05) is 43.4 Å². The van der Waals surface area contributed by atoms with Crippen molar-refractivity contribution >= 4 is 34.7 Å². The number of nitrogens with zero attached hydrogens (tertiary/aromatic N) is 5. The average molecular weight is 466 g/mol. The van der Waals surface area contributed by atoms with Gasteiger partial charge in [-0.3, -0.25) is 4.79 Å². The van der Waals surface area contributed by atoms with Crippen molar-refractivity contribution in [2.24, 2.45) is 11.3 Å². The van der Waals surface area contributed by atoms with Crippen LogP contribution in [-0.4, -0.2) is 71.2 Å². The number of hydrogen-bond donors (Lipinski definition) is 3. The first-order valence-electron chi connectivity index (χ1n) is 11.6. The molecule has 1 atom stereocenters. The third-order valence-corrected chi connectivity index (χ3v) is 6.67. The summed E-state index contributed by atoms with van der Waals surface area (Å²) in [6.07, 6.45) is 1.12. The van der Waals surface area contributed by atoms with Crippen molar-refractivity contribution in [2.45, 2.75) is 39.2 Å². The third-order valence-electron chi connectivity index (χ3n) is 6.67. The monoisotopic (exact) mass is 465 g/mol. The van der Waals surface area contributed by atoms with Gasteiger partial charge in [0.1, 0.15) is 5.82 Å². The van der Waals surface area contributed by atoms with Crippen LogP contribution in [0.25, 0.3) is 10.9 Å². The van der Waals surface area contributed by atoms with Crippen LogP contribution in [0.1, 0.15) is 38.7 Å². The molecule has 0 radical (unpaired) electrons. The van der Waals surface area contributed by atoms with Crippen molar-refractivity contribution in [1.29, 1.82) is 5.26 Å². The molecule has 1 aromatic carbocycles. The first-order valence-corrected chi connectivity index (χ1v) is 11.6. The Morgan fingerprint density at radius 2 is 2.03 bits per heavy atom. The molecule has 4 rings (SSSR count). The van der Waals surface area contributed by atoms with Crippen LogP contribution < -0.4 is 15.5 Å². The number of carbonyl (C=O) groups is 2. The molecule has 1 aromatic heterocycles. The minimum absolute atomic E-state index is 0.0436. The maximum absolute atomic E-state index is 12.1. The molecule has 2 aliphatic heterocycles. The van der Waals surface area contributed by atoms with Gasteiger partial charge in [-0.25, -0.2) is 9.78 Å². The molecule has 3 heterocycles. The number of anilines is 2. The molecular formula is C24H31N7O3. The second kappa shape index (κ2) is 9.33. The molecule has 0 unspecified atom stereocenters. The Labute approximate surface area is 199 Å². The number of aromatic nitrogens is 2. The van der Waals surface area contributed by atoms with Crippen LogP contribution in [0.5, 0.6) is 0 Å². The molecule has 0 bridgehead atoms. The number of rotatable bonds is 7. The zero-order valence-corrected chi connectivity index (χ0v) is 19.8. The summed E-state index contributed by atoms with van der Waals surface area (Å²) < 4.78 is 0. The highest BCUT2D eigenvalue weighted by Crippen LogP contribution is 2.41. The molecule has 2 aromatic rings. The Hall–Kier alpha value is -3.61. The third kappa shape index (κ3) is 4.83. The molecule has 180 valence electrons. The van der Waals surface area contributed by atoms with Gasteiger partial charge < -0.3 is 25.5 Å². The summed E-state index contributed by atoms with van der Waals surface area (Å²) in [4.78, 5) is 36.5. The fourth-order valence-corrected chi connectivity index (χ4v) is 4.98. The average Bonchev–Trinajstić information content (AvgIpc) is 3.23. The number of hydrogen-bond acceptors (Lipinski definition) is 7. The smallest absolute Gasteiger partial charge is 0.407 e. The summed E-state index contributed by atoms with van der Waals surface area (Å²) in [6, 6.07) is 7.39. The first-order chi connectivity index (χ1) is 16.2. The van der Waals surface area contributed by atoms with Crippen LogP contribution in [-0.2, 0) is 4.79 Å². The van der Waals surface area contributed by atoms with Crippen molar-refractivity contribution < 1.29 is 14.7 Å². The van der Waals surface area contributed by atoms with Gasteiger partial charge in [0.05, 0.1) is 17.1 Å². The molecule has 34 heavy (non-hydrogen) atoms. The highest BCUT2D eigenvalue weighted by molar-refractivity contribution is 5.91. The van der Waals surface area contributed by atoms with Crippen LogP contribution in [0.3, 0.4) is 0 Å². The minimum Gasteiger partial charge on any atom is -0.465 e. The number of nitriles is 1. The highest BCUT2D eigenvalue weighted by Gasteiger charge is 2.50. The summed E-state index contributed by atoms with van der Waals surface area (Å²) in [5.74, 6) is 1.53. The van der Waals surface area contributed by atoms with E-state index in [0.29, 0.717) is 54.8 Å². The fourth-order valence-electron chi connectivity index (χ4n) is 4.98. The zero-order chi connectivity index (χ0) is 24.5. The van der Waals surface area contributed by atoms with Crippen LogP contribution in [0.4, 0.5) is 16.6 Å². The van der Waals surface area contributed by atoms with Gasteiger partial charge >= 0.3 is 6.09 Å². The molecule has 10 nitrogen and oxygen atoms in total. The topological polar surface area (TPSA) is 134 Å². The number of amides is 2. The van der Waals surface area contributed by atoms with Gasteiger partial charge in [-0.2, -0.15) is 10.2 Å². The molecule has 0 aliphatic carbocycles. The number of nitrogens with one attached hydrogen (secondary N) is 2. The maximum Gasteiger partial charge on any atom is 0.407 e. The Morgan fingerprint density at radius 3 is 2.68 bits per heavy atom.